The predicted octanol–water partition coefficient (Wildman–Crippen LogP) is 1.14. The summed E-state index contributed by atoms with van der Waals surface area (Å²) in [5.74, 6) is 0.651. The van der Waals surface area contributed by atoms with Crippen LogP contribution in [0.1, 0.15) is 13.8 Å². The number of hydrogen-bond acceptors (Lipinski definition) is 5. The van der Waals surface area contributed by atoms with Gasteiger partial charge in [0.05, 0.1) is 13.2 Å². The van der Waals surface area contributed by atoms with Gasteiger partial charge in [-0.25, -0.2) is 0 Å². The highest BCUT2D eigenvalue weighted by molar-refractivity contribution is 5.79. The third kappa shape index (κ3) is 6.63. The Morgan fingerprint density at radius 1 is 1.10 bits per heavy atom. The number of esters is 1. The van der Waals surface area contributed by atoms with Gasteiger partial charge >= 0.3 is 5.97 Å². The zero-order valence-corrected chi connectivity index (χ0v) is 11.7. The summed E-state index contributed by atoms with van der Waals surface area (Å²) in [4.78, 5) is 21.7. The van der Waals surface area contributed by atoms with Crippen LogP contribution >= 0.6 is 0 Å². The lowest BCUT2D eigenvalue weighted by Gasteiger charge is -2.08. The number of hydrogen-bond donors (Lipinski definition) is 1. The van der Waals surface area contributed by atoms with E-state index in [9.17, 15) is 9.59 Å². The second-order valence-electron chi connectivity index (χ2n) is 3.88. The quantitative estimate of drug-likeness (QED) is 0.571. The Labute approximate surface area is 118 Å². The Kier molecular flexibility index (Phi) is 6.95. The number of carbonyl (C=O) groups is 2. The molecule has 0 saturated heterocycles. The molecule has 0 heterocycles. The van der Waals surface area contributed by atoms with E-state index in [1.54, 1.807) is 12.1 Å². The van der Waals surface area contributed by atoms with Gasteiger partial charge < -0.3 is 19.5 Å². The fourth-order valence-electron chi connectivity index (χ4n) is 1.38. The number of benzene rings is 1. The lowest BCUT2D eigenvalue weighted by atomic mass is 10.3. The van der Waals surface area contributed by atoms with Crippen molar-refractivity contribution in [1.29, 1.82) is 0 Å². The standard InChI is InChI=1S/C14H19NO5/c1-3-18-12-4-6-13(7-5-12)19-9-8-15-14(17)10-20-11(2)16/h4-7H,3,8-10H2,1-2H3,(H,15,17). The number of carbonyl (C=O) groups excluding carboxylic acids is 2. The normalized spacial score (nSPS) is 9.70. The molecule has 6 nitrogen and oxygen atoms in total. The van der Waals surface area contributed by atoms with E-state index in [4.69, 9.17) is 9.47 Å². The Bertz CT molecular complexity index is 430. The van der Waals surface area contributed by atoms with E-state index in [0.717, 1.165) is 5.75 Å². The van der Waals surface area contributed by atoms with Crippen LogP contribution in [0, 0.1) is 0 Å². The second-order valence-corrected chi connectivity index (χ2v) is 3.88. The molecule has 0 fully saturated rings. The van der Waals surface area contributed by atoms with E-state index < -0.39 is 5.97 Å². The maximum absolute atomic E-state index is 11.2. The summed E-state index contributed by atoms with van der Waals surface area (Å²) in [6, 6.07) is 7.23. The zero-order valence-electron chi connectivity index (χ0n) is 11.7. The molecule has 20 heavy (non-hydrogen) atoms. The van der Waals surface area contributed by atoms with Gasteiger partial charge in [0.1, 0.15) is 18.1 Å². The molecule has 0 atom stereocenters. The second kappa shape index (κ2) is 8.79. The summed E-state index contributed by atoms with van der Waals surface area (Å²) in [6.45, 7) is 4.20. The summed E-state index contributed by atoms with van der Waals surface area (Å²) in [5.41, 5.74) is 0. The van der Waals surface area contributed by atoms with E-state index in [1.165, 1.54) is 6.92 Å². The third-order valence-corrected chi connectivity index (χ3v) is 2.23. The highest BCUT2D eigenvalue weighted by atomic mass is 16.5. The van der Waals surface area contributed by atoms with Gasteiger partial charge in [-0.2, -0.15) is 0 Å². The summed E-state index contributed by atoms with van der Waals surface area (Å²) in [5, 5.41) is 2.57. The average molecular weight is 281 g/mol. The minimum Gasteiger partial charge on any atom is -0.494 e. The summed E-state index contributed by atoms with van der Waals surface area (Å²) < 4.78 is 15.3. The van der Waals surface area contributed by atoms with E-state index in [-0.39, 0.29) is 12.5 Å². The summed E-state index contributed by atoms with van der Waals surface area (Å²) >= 11 is 0. The minimum atomic E-state index is -0.481. The Balaban J connectivity index is 2.17. The van der Waals surface area contributed by atoms with Gasteiger partial charge in [0, 0.05) is 6.92 Å². The fraction of sp³-hybridized carbons (Fsp3) is 0.429. The van der Waals surface area contributed by atoms with Crippen molar-refractivity contribution in [2.75, 3.05) is 26.4 Å². The lowest BCUT2D eigenvalue weighted by Crippen LogP contribution is -2.31. The van der Waals surface area contributed by atoms with Crippen LogP contribution < -0.4 is 14.8 Å². The van der Waals surface area contributed by atoms with E-state index >= 15 is 0 Å². The molecule has 0 unspecified atom stereocenters. The van der Waals surface area contributed by atoms with Crippen LogP contribution in [0.25, 0.3) is 0 Å². The van der Waals surface area contributed by atoms with E-state index in [1.807, 2.05) is 19.1 Å². The lowest BCUT2D eigenvalue weighted by molar-refractivity contribution is -0.146. The largest absolute Gasteiger partial charge is 0.494 e. The fourth-order valence-corrected chi connectivity index (χ4v) is 1.38. The maximum atomic E-state index is 11.2. The molecule has 0 bridgehead atoms. The first-order chi connectivity index (χ1) is 9.61. The van der Waals surface area contributed by atoms with Crippen LogP contribution in [-0.4, -0.2) is 38.2 Å². The molecule has 0 aromatic heterocycles. The van der Waals surface area contributed by atoms with Crippen LogP contribution in [-0.2, 0) is 14.3 Å². The predicted molar refractivity (Wildman–Crippen MR) is 72.7 cm³/mol. The number of ether oxygens (including phenoxy) is 3. The molecule has 0 aliphatic heterocycles. The first kappa shape index (κ1) is 15.8. The van der Waals surface area contributed by atoms with Gasteiger partial charge in [0.15, 0.2) is 6.61 Å². The van der Waals surface area contributed by atoms with Crippen molar-refractivity contribution < 1.29 is 23.8 Å². The van der Waals surface area contributed by atoms with E-state index in [0.29, 0.717) is 25.5 Å². The molecule has 0 aliphatic carbocycles. The van der Waals surface area contributed by atoms with Crippen LogP contribution in [0.5, 0.6) is 11.5 Å². The zero-order chi connectivity index (χ0) is 14.8. The molecule has 0 spiro atoms. The Morgan fingerprint density at radius 2 is 1.70 bits per heavy atom. The number of nitrogens with one attached hydrogen (secondary N) is 1. The van der Waals surface area contributed by atoms with Crippen molar-refractivity contribution in [3.8, 4) is 11.5 Å². The van der Waals surface area contributed by atoms with Gasteiger partial charge in [-0.1, -0.05) is 0 Å². The molecular weight excluding hydrogens is 262 g/mol. The molecule has 6 heteroatoms. The molecule has 0 radical (unpaired) electrons. The van der Waals surface area contributed by atoms with Gasteiger partial charge in [-0.05, 0) is 31.2 Å². The van der Waals surface area contributed by atoms with Crippen LogP contribution in [0.15, 0.2) is 24.3 Å². The van der Waals surface area contributed by atoms with Crippen molar-refractivity contribution in [3.63, 3.8) is 0 Å². The smallest absolute Gasteiger partial charge is 0.303 e. The first-order valence-corrected chi connectivity index (χ1v) is 6.37. The first-order valence-electron chi connectivity index (χ1n) is 6.37. The molecule has 1 N–H and O–H groups in total. The highest BCUT2D eigenvalue weighted by Crippen LogP contribution is 2.17. The monoisotopic (exact) mass is 281 g/mol. The maximum Gasteiger partial charge on any atom is 0.303 e. The molecule has 1 aromatic carbocycles. The van der Waals surface area contributed by atoms with Gasteiger partial charge in [-0.3, -0.25) is 9.59 Å². The highest BCUT2D eigenvalue weighted by Gasteiger charge is 2.02. The summed E-state index contributed by atoms with van der Waals surface area (Å²) in [6.07, 6.45) is 0. The molecule has 1 rings (SSSR count). The number of rotatable bonds is 8. The summed E-state index contributed by atoms with van der Waals surface area (Å²) in [7, 11) is 0. The molecule has 1 aromatic rings. The molecular formula is C14H19NO5. The van der Waals surface area contributed by atoms with Crippen LogP contribution in [0.3, 0.4) is 0 Å². The minimum absolute atomic E-state index is 0.265. The molecule has 1 amide bonds. The van der Waals surface area contributed by atoms with Crippen molar-refractivity contribution in [3.05, 3.63) is 24.3 Å². The van der Waals surface area contributed by atoms with Crippen molar-refractivity contribution in [2.45, 2.75) is 13.8 Å². The van der Waals surface area contributed by atoms with E-state index in [2.05, 4.69) is 10.1 Å². The topological polar surface area (TPSA) is 73.9 Å². The molecule has 0 aliphatic rings. The Hall–Kier alpha value is -2.24. The molecule has 110 valence electrons. The van der Waals surface area contributed by atoms with Crippen LogP contribution in [0.2, 0.25) is 0 Å². The SMILES string of the molecule is CCOc1ccc(OCCNC(=O)COC(C)=O)cc1. The van der Waals surface area contributed by atoms with Crippen molar-refractivity contribution >= 4 is 11.9 Å². The molecule has 0 saturated carbocycles. The van der Waals surface area contributed by atoms with Crippen LogP contribution in [0.4, 0.5) is 0 Å². The Morgan fingerprint density at radius 3 is 2.25 bits per heavy atom. The third-order valence-electron chi connectivity index (χ3n) is 2.23. The number of amides is 1. The van der Waals surface area contributed by atoms with Crippen molar-refractivity contribution in [1.82, 2.24) is 5.32 Å². The van der Waals surface area contributed by atoms with Gasteiger partial charge in [-0.15, -0.1) is 0 Å². The average Bonchev–Trinajstić information content (AvgIpc) is 2.43. The van der Waals surface area contributed by atoms with Gasteiger partial charge in [0.2, 0.25) is 0 Å². The van der Waals surface area contributed by atoms with Gasteiger partial charge in [0.25, 0.3) is 5.91 Å². The van der Waals surface area contributed by atoms with Crippen molar-refractivity contribution in [2.24, 2.45) is 0 Å².